The van der Waals surface area contributed by atoms with Crippen molar-refractivity contribution >= 4 is 49.2 Å². The summed E-state index contributed by atoms with van der Waals surface area (Å²) in [5.74, 6) is -0.246. The van der Waals surface area contributed by atoms with E-state index in [-0.39, 0.29) is 12.0 Å². The summed E-state index contributed by atoms with van der Waals surface area (Å²) in [6.07, 6.45) is 0. The molecule has 1 heterocycles. The fourth-order valence-electron chi connectivity index (χ4n) is 0.992. The van der Waals surface area contributed by atoms with Crippen LogP contribution in [-0.4, -0.2) is 19.1 Å². The van der Waals surface area contributed by atoms with E-state index in [0.29, 0.717) is 6.54 Å². The van der Waals surface area contributed by atoms with E-state index in [0.717, 1.165) is 13.1 Å². The molecule has 84 valence electrons. The minimum Gasteiger partial charge on any atom is -0.468 e. The van der Waals surface area contributed by atoms with E-state index in [1.165, 1.54) is 7.11 Å². The smallest absolute Gasteiger partial charge is 0.322 e. The van der Waals surface area contributed by atoms with Crippen LogP contribution >= 0.6 is 43.2 Å². The lowest BCUT2D eigenvalue weighted by molar-refractivity contribution is -0.142. The van der Waals surface area contributed by atoms with Crippen LogP contribution < -0.4 is 5.32 Å². The first-order chi connectivity index (χ1) is 7.04. The Morgan fingerprint density at radius 2 is 2.33 bits per heavy atom. The van der Waals surface area contributed by atoms with E-state index in [4.69, 9.17) is 0 Å². The summed E-state index contributed by atoms with van der Waals surface area (Å²) in [6.45, 7) is 2.44. The van der Waals surface area contributed by atoms with Crippen molar-refractivity contribution in [3.05, 3.63) is 19.2 Å². The number of thiophene rings is 1. The Hall–Kier alpha value is 0.0900. The normalized spacial score (nSPS) is 12.5. The molecule has 0 aliphatic carbocycles. The first kappa shape index (κ1) is 13.2. The zero-order valence-electron chi connectivity index (χ0n) is 8.34. The maximum absolute atomic E-state index is 11.1. The molecule has 0 amide bonds. The minimum atomic E-state index is -0.283. The second kappa shape index (κ2) is 5.98. The first-order valence-corrected chi connectivity index (χ1v) is 6.69. The molecule has 1 aromatic rings. The van der Waals surface area contributed by atoms with Crippen molar-refractivity contribution in [2.75, 3.05) is 7.11 Å². The number of hydrogen-bond acceptors (Lipinski definition) is 4. The molecule has 0 saturated carbocycles. The highest BCUT2D eigenvalue weighted by atomic mass is 79.9. The third kappa shape index (κ3) is 3.86. The number of esters is 1. The van der Waals surface area contributed by atoms with Crippen LogP contribution in [0.1, 0.15) is 11.8 Å². The van der Waals surface area contributed by atoms with Crippen LogP contribution in [0.4, 0.5) is 0 Å². The van der Waals surface area contributed by atoms with Crippen molar-refractivity contribution in [2.24, 2.45) is 0 Å². The Morgan fingerprint density at radius 3 is 2.80 bits per heavy atom. The SMILES string of the molecule is COC(=O)C(C)NCc1cc(Br)c(Br)s1. The van der Waals surface area contributed by atoms with Crippen molar-refractivity contribution in [3.8, 4) is 0 Å². The number of methoxy groups -OCH3 is 1. The van der Waals surface area contributed by atoms with Crippen molar-refractivity contribution < 1.29 is 9.53 Å². The summed E-state index contributed by atoms with van der Waals surface area (Å²) in [5, 5.41) is 3.08. The summed E-state index contributed by atoms with van der Waals surface area (Å²) < 4.78 is 6.71. The summed E-state index contributed by atoms with van der Waals surface area (Å²) in [7, 11) is 1.39. The molecule has 0 radical (unpaired) electrons. The molecule has 0 spiro atoms. The summed E-state index contributed by atoms with van der Waals surface area (Å²) in [5.41, 5.74) is 0. The number of nitrogens with one attached hydrogen (secondary N) is 1. The quantitative estimate of drug-likeness (QED) is 0.843. The fourth-order valence-corrected chi connectivity index (χ4v) is 3.12. The maximum atomic E-state index is 11.1. The van der Waals surface area contributed by atoms with E-state index < -0.39 is 0 Å². The van der Waals surface area contributed by atoms with E-state index in [2.05, 4.69) is 41.9 Å². The Labute approximate surface area is 109 Å². The standard InChI is InChI=1S/C9H11Br2NO2S/c1-5(9(13)14-2)12-4-6-3-7(10)8(11)15-6/h3,5,12H,4H2,1-2H3. The molecule has 1 rings (SSSR count). The van der Waals surface area contributed by atoms with Gasteiger partial charge in [-0.15, -0.1) is 11.3 Å². The van der Waals surface area contributed by atoms with E-state index >= 15 is 0 Å². The van der Waals surface area contributed by atoms with E-state index in [9.17, 15) is 4.79 Å². The number of hydrogen-bond donors (Lipinski definition) is 1. The molecule has 0 bridgehead atoms. The van der Waals surface area contributed by atoms with Gasteiger partial charge in [-0.05, 0) is 44.8 Å². The van der Waals surface area contributed by atoms with Gasteiger partial charge in [-0.3, -0.25) is 10.1 Å². The van der Waals surface area contributed by atoms with Crippen LogP contribution in [0.15, 0.2) is 14.3 Å². The van der Waals surface area contributed by atoms with Crippen LogP contribution in [0.25, 0.3) is 0 Å². The average molecular weight is 357 g/mol. The Balaban J connectivity index is 2.47. The number of carbonyl (C=O) groups is 1. The maximum Gasteiger partial charge on any atom is 0.322 e. The highest BCUT2D eigenvalue weighted by Crippen LogP contribution is 2.32. The molecule has 15 heavy (non-hydrogen) atoms. The highest BCUT2D eigenvalue weighted by Gasteiger charge is 2.12. The van der Waals surface area contributed by atoms with Crippen LogP contribution in [0, 0.1) is 0 Å². The van der Waals surface area contributed by atoms with Crippen molar-refractivity contribution in [1.29, 1.82) is 0 Å². The van der Waals surface area contributed by atoms with Gasteiger partial charge in [0.15, 0.2) is 0 Å². The Kier molecular flexibility index (Phi) is 5.25. The summed E-state index contributed by atoms with van der Waals surface area (Å²) in [6, 6.07) is 1.74. The van der Waals surface area contributed by atoms with Gasteiger partial charge in [-0.25, -0.2) is 0 Å². The third-order valence-corrected chi connectivity index (χ3v) is 5.09. The van der Waals surface area contributed by atoms with Gasteiger partial charge in [0.1, 0.15) is 6.04 Å². The molecule has 1 atom stereocenters. The Bertz CT molecular complexity index is 334. The number of ether oxygens (including phenoxy) is 1. The predicted octanol–water partition coefficient (Wildman–Crippen LogP) is 2.92. The molecule has 1 unspecified atom stereocenters. The monoisotopic (exact) mass is 355 g/mol. The molecule has 0 fully saturated rings. The zero-order valence-corrected chi connectivity index (χ0v) is 12.3. The van der Waals surface area contributed by atoms with Gasteiger partial charge in [-0.1, -0.05) is 0 Å². The van der Waals surface area contributed by atoms with Gasteiger partial charge in [0.2, 0.25) is 0 Å². The van der Waals surface area contributed by atoms with Gasteiger partial charge in [-0.2, -0.15) is 0 Å². The van der Waals surface area contributed by atoms with Crippen LogP contribution in [0.2, 0.25) is 0 Å². The van der Waals surface area contributed by atoms with Crippen molar-refractivity contribution in [3.63, 3.8) is 0 Å². The molecular formula is C9H11Br2NO2S. The predicted molar refractivity (Wildman–Crippen MR) is 68.0 cm³/mol. The summed E-state index contributed by atoms with van der Waals surface area (Å²) >= 11 is 8.46. The second-order valence-corrected chi connectivity index (χ2v) is 6.27. The molecule has 0 saturated heterocycles. The Morgan fingerprint density at radius 1 is 1.67 bits per heavy atom. The average Bonchev–Trinajstić information content (AvgIpc) is 2.54. The lowest BCUT2D eigenvalue weighted by Gasteiger charge is -2.09. The fraction of sp³-hybridized carbons (Fsp3) is 0.444. The van der Waals surface area contributed by atoms with Crippen LogP contribution in [-0.2, 0) is 16.1 Å². The number of rotatable bonds is 4. The van der Waals surface area contributed by atoms with Crippen LogP contribution in [0.5, 0.6) is 0 Å². The van der Waals surface area contributed by atoms with Crippen molar-refractivity contribution in [1.82, 2.24) is 5.32 Å². The summed E-state index contributed by atoms with van der Waals surface area (Å²) in [4.78, 5) is 12.3. The number of halogens is 2. The van der Waals surface area contributed by atoms with E-state index in [1.807, 2.05) is 6.07 Å². The van der Waals surface area contributed by atoms with Gasteiger partial charge in [0.25, 0.3) is 0 Å². The number of carbonyl (C=O) groups excluding carboxylic acids is 1. The van der Waals surface area contributed by atoms with Gasteiger partial charge >= 0.3 is 5.97 Å². The molecule has 0 aromatic carbocycles. The molecule has 0 aliphatic heterocycles. The minimum absolute atomic E-state index is 0.246. The topological polar surface area (TPSA) is 38.3 Å². The van der Waals surface area contributed by atoms with Gasteiger partial charge in [0.05, 0.1) is 10.9 Å². The molecule has 3 nitrogen and oxygen atoms in total. The second-order valence-electron chi connectivity index (χ2n) is 2.96. The van der Waals surface area contributed by atoms with E-state index in [1.54, 1.807) is 18.3 Å². The van der Waals surface area contributed by atoms with Gasteiger partial charge in [0, 0.05) is 15.9 Å². The molecule has 1 aromatic heterocycles. The molecular weight excluding hydrogens is 346 g/mol. The highest BCUT2D eigenvalue weighted by molar-refractivity contribution is 9.13. The zero-order chi connectivity index (χ0) is 11.4. The van der Waals surface area contributed by atoms with Gasteiger partial charge < -0.3 is 4.74 Å². The first-order valence-electron chi connectivity index (χ1n) is 4.29. The molecule has 6 heteroatoms. The lowest BCUT2D eigenvalue weighted by Crippen LogP contribution is -2.34. The van der Waals surface area contributed by atoms with Crippen molar-refractivity contribution in [2.45, 2.75) is 19.5 Å². The largest absolute Gasteiger partial charge is 0.468 e. The lowest BCUT2D eigenvalue weighted by atomic mass is 10.3. The molecule has 1 N–H and O–H groups in total. The van der Waals surface area contributed by atoms with Crippen LogP contribution in [0.3, 0.4) is 0 Å². The third-order valence-electron chi connectivity index (χ3n) is 1.83. The molecule has 0 aliphatic rings.